The summed E-state index contributed by atoms with van der Waals surface area (Å²) >= 11 is 7.26. The molecule has 0 aliphatic heterocycles. The van der Waals surface area contributed by atoms with Crippen molar-refractivity contribution in [2.45, 2.75) is 57.1 Å². The summed E-state index contributed by atoms with van der Waals surface area (Å²) in [5.41, 5.74) is 0.840. The molecular formula is C22H30ClN3O6S2. The van der Waals surface area contributed by atoms with Crippen molar-refractivity contribution >= 4 is 49.8 Å². The van der Waals surface area contributed by atoms with Crippen LogP contribution in [0.1, 0.15) is 39.3 Å². The molecule has 9 nitrogen and oxygen atoms in total. The number of halogens is 1. The molecule has 0 saturated carbocycles. The maximum Gasteiger partial charge on any atom is 0.323 e. The van der Waals surface area contributed by atoms with Crippen LogP contribution in [-0.4, -0.2) is 61.4 Å². The number of carbonyl (C=O) groups is 2. The molecule has 0 fully saturated rings. The van der Waals surface area contributed by atoms with Gasteiger partial charge in [0.15, 0.2) is 15.0 Å². The molecule has 2 aromatic rings. The van der Waals surface area contributed by atoms with Gasteiger partial charge in [-0.2, -0.15) is 0 Å². The maximum absolute atomic E-state index is 12.3. The molecule has 1 heterocycles. The quantitative estimate of drug-likeness (QED) is 0.373. The Balaban J connectivity index is 1.94. The van der Waals surface area contributed by atoms with Gasteiger partial charge in [-0.15, -0.1) is 0 Å². The molecule has 0 aliphatic carbocycles. The highest BCUT2D eigenvalue weighted by Gasteiger charge is 2.21. The first-order valence-corrected chi connectivity index (χ1v) is 13.6. The SMILES string of the molecule is Cc1nc(NC(=O)CCCN[C@@H](COC(C)(C)C)C(=O)O)sc1-c1ccc(Cl)c(S(C)(=O)=O)c1. The number of carbonyl (C=O) groups excluding carboxylic acids is 1. The highest BCUT2D eigenvalue weighted by atomic mass is 35.5. The van der Waals surface area contributed by atoms with Gasteiger partial charge in [-0.25, -0.2) is 13.4 Å². The Morgan fingerprint density at radius 2 is 1.97 bits per heavy atom. The molecule has 188 valence electrons. The van der Waals surface area contributed by atoms with Crippen LogP contribution in [0.3, 0.4) is 0 Å². The highest BCUT2D eigenvalue weighted by molar-refractivity contribution is 7.90. The van der Waals surface area contributed by atoms with E-state index in [1.54, 1.807) is 13.0 Å². The van der Waals surface area contributed by atoms with Crippen molar-refractivity contribution in [3.63, 3.8) is 0 Å². The Labute approximate surface area is 208 Å². The van der Waals surface area contributed by atoms with E-state index in [1.165, 1.54) is 23.5 Å². The third-order valence-electron chi connectivity index (χ3n) is 4.59. The third kappa shape index (κ3) is 8.62. The predicted molar refractivity (Wildman–Crippen MR) is 133 cm³/mol. The van der Waals surface area contributed by atoms with Crippen LogP contribution >= 0.6 is 22.9 Å². The monoisotopic (exact) mass is 531 g/mol. The van der Waals surface area contributed by atoms with Crippen molar-refractivity contribution in [3.05, 3.63) is 28.9 Å². The molecule has 1 amide bonds. The van der Waals surface area contributed by atoms with E-state index in [9.17, 15) is 23.1 Å². The number of hydrogen-bond donors (Lipinski definition) is 3. The molecule has 0 unspecified atom stereocenters. The molecule has 0 bridgehead atoms. The Bertz CT molecular complexity index is 1140. The minimum absolute atomic E-state index is 0.0257. The molecule has 1 aromatic carbocycles. The molecule has 1 aromatic heterocycles. The van der Waals surface area contributed by atoms with Gasteiger partial charge in [-0.05, 0) is 58.4 Å². The summed E-state index contributed by atoms with van der Waals surface area (Å²) in [6.07, 6.45) is 1.69. The maximum atomic E-state index is 12.3. The lowest BCUT2D eigenvalue weighted by Gasteiger charge is -2.23. The molecule has 2 rings (SSSR count). The number of anilines is 1. The zero-order valence-corrected chi connectivity index (χ0v) is 22.2. The van der Waals surface area contributed by atoms with Crippen molar-refractivity contribution in [1.29, 1.82) is 0 Å². The average molecular weight is 532 g/mol. The summed E-state index contributed by atoms with van der Waals surface area (Å²) in [6, 6.07) is 3.87. The number of aryl methyl sites for hydroxylation is 1. The van der Waals surface area contributed by atoms with Gasteiger partial charge in [0.1, 0.15) is 6.04 Å². The fourth-order valence-corrected chi connectivity index (χ4v) is 5.18. The lowest BCUT2D eigenvalue weighted by molar-refractivity contribution is -0.142. The molecule has 1 atom stereocenters. The van der Waals surface area contributed by atoms with E-state index < -0.39 is 27.4 Å². The molecule has 12 heteroatoms. The number of ether oxygens (including phenoxy) is 1. The van der Waals surface area contributed by atoms with Crippen molar-refractivity contribution in [2.75, 3.05) is 24.7 Å². The number of nitrogens with zero attached hydrogens (tertiary/aromatic N) is 1. The number of hydrogen-bond acceptors (Lipinski definition) is 8. The lowest BCUT2D eigenvalue weighted by Crippen LogP contribution is -2.43. The Morgan fingerprint density at radius 3 is 2.56 bits per heavy atom. The van der Waals surface area contributed by atoms with Crippen LogP contribution in [0.4, 0.5) is 5.13 Å². The number of benzene rings is 1. The predicted octanol–water partition coefficient (Wildman–Crippen LogP) is 3.75. The van der Waals surface area contributed by atoms with Gasteiger partial charge in [0.2, 0.25) is 5.91 Å². The van der Waals surface area contributed by atoms with Crippen molar-refractivity contribution in [3.8, 4) is 10.4 Å². The van der Waals surface area contributed by atoms with Crippen molar-refractivity contribution in [1.82, 2.24) is 10.3 Å². The first kappa shape index (κ1) is 28.2. The summed E-state index contributed by atoms with van der Waals surface area (Å²) < 4.78 is 29.4. The summed E-state index contributed by atoms with van der Waals surface area (Å²) in [6.45, 7) is 7.67. The zero-order chi connectivity index (χ0) is 25.7. The van der Waals surface area contributed by atoms with E-state index in [0.717, 1.165) is 11.1 Å². The average Bonchev–Trinajstić information content (AvgIpc) is 3.05. The topological polar surface area (TPSA) is 135 Å². The fraction of sp³-hybridized carbons (Fsp3) is 0.500. The lowest BCUT2D eigenvalue weighted by atomic mass is 10.2. The second kappa shape index (κ2) is 11.6. The molecular weight excluding hydrogens is 502 g/mol. The van der Waals surface area contributed by atoms with Crippen LogP contribution in [-0.2, 0) is 24.2 Å². The smallest absolute Gasteiger partial charge is 0.323 e. The third-order valence-corrected chi connectivity index (χ3v) is 7.29. The largest absolute Gasteiger partial charge is 0.480 e. The Morgan fingerprint density at radius 1 is 1.29 bits per heavy atom. The van der Waals surface area contributed by atoms with Crippen molar-refractivity contribution in [2.24, 2.45) is 0 Å². The highest BCUT2D eigenvalue weighted by Crippen LogP contribution is 2.35. The van der Waals surface area contributed by atoms with E-state index in [-0.39, 0.29) is 28.9 Å². The minimum atomic E-state index is -3.49. The van der Waals surface area contributed by atoms with E-state index in [4.69, 9.17) is 16.3 Å². The number of aromatic nitrogens is 1. The van der Waals surface area contributed by atoms with E-state index >= 15 is 0 Å². The van der Waals surface area contributed by atoms with E-state index in [1.807, 2.05) is 20.8 Å². The molecule has 34 heavy (non-hydrogen) atoms. The van der Waals surface area contributed by atoms with Crippen LogP contribution in [0.5, 0.6) is 0 Å². The number of carboxylic acids is 1. The van der Waals surface area contributed by atoms with E-state index in [0.29, 0.717) is 29.4 Å². The van der Waals surface area contributed by atoms with Crippen LogP contribution in [0, 0.1) is 6.92 Å². The molecule has 0 radical (unpaired) electrons. The minimum Gasteiger partial charge on any atom is -0.480 e. The van der Waals surface area contributed by atoms with Crippen LogP contribution in [0.2, 0.25) is 5.02 Å². The number of thiazole rings is 1. The normalized spacial score (nSPS) is 13.0. The van der Waals surface area contributed by atoms with Crippen LogP contribution in [0.15, 0.2) is 23.1 Å². The standard InChI is InChI=1S/C22H30ClN3O6S2/c1-13-19(14-8-9-15(23)17(11-14)34(5,30)31)33-21(25-13)26-18(27)7-6-10-24-16(20(28)29)12-32-22(2,3)4/h8-9,11,16,24H,6-7,10,12H2,1-5H3,(H,28,29)(H,25,26,27)/t16-/m0/s1. The number of rotatable bonds is 11. The van der Waals surface area contributed by atoms with E-state index in [2.05, 4.69) is 15.6 Å². The Kier molecular flexibility index (Phi) is 9.61. The van der Waals surface area contributed by atoms with Gasteiger partial charge in [-0.3, -0.25) is 9.59 Å². The van der Waals surface area contributed by atoms with Crippen LogP contribution < -0.4 is 10.6 Å². The molecule has 0 spiro atoms. The second-order valence-corrected chi connectivity index (χ2v) is 12.2. The summed E-state index contributed by atoms with van der Waals surface area (Å²) in [5.74, 6) is -1.27. The van der Waals surface area contributed by atoms with Gasteiger partial charge >= 0.3 is 5.97 Å². The number of amides is 1. The number of sulfone groups is 1. The number of nitrogens with one attached hydrogen (secondary N) is 2. The van der Waals surface area contributed by atoms with Gasteiger partial charge in [0, 0.05) is 12.7 Å². The molecule has 0 aliphatic rings. The Hall–Kier alpha value is -2.05. The van der Waals surface area contributed by atoms with Gasteiger partial charge in [0.05, 0.1) is 32.7 Å². The van der Waals surface area contributed by atoms with Crippen LogP contribution in [0.25, 0.3) is 10.4 Å². The molecule has 0 saturated heterocycles. The van der Waals surface area contributed by atoms with Gasteiger partial charge in [0.25, 0.3) is 0 Å². The first-order chi connectivity index (χ1) is 15.7. The number of aliphatic carboxylic acids is 1. The van der Waals surface area contributed by atoms with Crippen molar-refractivity contribution < 1.29 is 27.9 Å². The summed E-state index contributed by atoms with van der Waals surface area (Å²) in [4.78, 5) is 28.8. The number of carboxylic acid groups (broad SMARTS) is 1. The van der Waals surface area contributed by atoms with Gasteiger partial charge in [-0.1, -0.05) is 29.0 Å². The zero-order valence-electron chi connectivity index (χ0n) is 19.8. The second-order valence-electron chi connectivity index (χ2n) is 8.77. The summed E-state index contributed by atoms with van der Waals surface area (Å²) in [5, 5.41) is 15.5. The fourth-order valence-electron chi connectivity index (χ4n) is 2.90. The van der Waals surface area contributed by atoms with Gasteiger partial charge < -0.3 is 20.5 Å². The molecule has 3 N–H and O–H groups in total. The first-order valence-electron chi connectivity index (χ1n) is 10.5. The summed E-state index contributed by atoms with van der Waals surface area (Å²) in [7, 11) is -3.49.